The fourth-order valence-corrected chi connectivity index (χ4v) is 2.20. The molecule has 22 heavy (non-hydrogen) atoms. The Balaban J connectivity index is 1.77. The van der Waals surface area contributed by atoms with Crippen LogP contribution in [0.2, 0.25) is 0 Å². The molecular weight excluding hydrogens is 268 g/mol. The highest BCUT2D eigenvalue weighted by Gasteiger charge is 1.99. The zero-order chi connectivity index (χ0) is 15.2. The van der Waals surface area contributed by atoms with E-state index in [1.165, 1.54) is 11.1 Å². The average molecular weight is 286 g/mol. The topological polar surface area (TPSA) is 13.1 Å². The summed E-state index contributed by atoms with van der Waals surface area (Å²) in [6.07, 6.45) is 9.97. The van der Waals surface area contributed by atoms with E-state index in [1.807, 2.05) is 30.3 Å². The molecule has 3 rings (SSSR count). The molecule has 0 atom stereocenters. The van der Waals surface area contributed by atoms with Gasteiger partial charge in [-0.05, 0) is 30.2 Å². The van der Waals surface area contributed by atoms with Gasteiger partial charge in [0.15, 0.2) is 0 Å². The summed E-state index contributed by atoms with van der Waals surface area (Å²) >= 11 is 0. The highest BCUT2D eigenvalue weighted by Crippen LogP contribution is 2.18. The molecule has 0 aliphatic carbocycles. The van der Waals surface area contributed by atoms with Crippen molar-refractivity contribution in [3.05, 3.63) is 94.9 Å². The average Bonchev–Trinajstić information content (AvgIpc) is 3.01. The third-order valence-corrected chi connectivity index (χ3v) is 3.49. The molecule has 0 saturated heterocycles. The van der Waals surface area contributed by atoms with Crippen LogP contribution in [0.1, 0.15) is 28.0 Å². The number of hydrogen-bond donors (Lipinski definition) is 0. The van der Waals surface area contributed by atoms with E-state index < -0.39 is 0 Å². The second-order valence-corrected chi connectivity index (χ2v) is 5.23. The largest absolute Gasteiger partial charge is 0.464 e. The van der Waals surface area contributed by atoms with Crippen LogP contribution in [0.25, 0.3) is 24.3 Å². The standard InChI is InChI=1S/C21H18O/c1-17-7-9-19(10-8-17)11-13-20-15-16-22-21(20)14-12-18-5-3-2-4-6-18/h2-16H,1H3/b13-11+,14-12+. The first-order chi connectivity index (χ1) is 10.8. The maximum Gasteiger partial charge on any atom is 0.133 e. The Kier molecular flexibility index (Phi) is 4.35. The Morgan fingerprint density at radius 2 is 1.36 bits per heavy atom. The highest BCUT2D eigenvalue weighted by atomic mass is 16.3. The van der Waals surface area contributed by atoms with Gasteiger partial charge in [0.1, 0.15) is 5.76 Å². The maximum absolute atomic E-state index is 5.56. The molecule has 0 unspecified atom stereocenters. The van der Waals surface area contributed by atoms with Crippen LogP contribution < -0.4 is 0 Å². The summed E-state index contributed by atoms with van der Waals surface area (Å²) in [6.45, 7) is 2.09. The maximum atomic E-state index is 5.56. The van der Waals surface area contributed by atoms with E-state index >= 15 is 0 Å². The molecular formula is C21H18O. The highest BCUT2D eigenvalue weighted by molar-refractivity contribution is 5.77. The monoisotopic (exact) mass is 286 g/mol. The molecule has 1 aromatic heterocycles. The fraction of sp³-hybridized carbons (Fsp3) is 0.0476. The summed E-state index contributed by atoms with van der Waals surface area (Å²) in [5, 5.41) is 0. The Morgan fingerprint density at radius 3 is 2.14 bits per heavy atom. The number of furan rings is 1. The van der Waals surface area contributed by atoms with Crippen molar-refractivity contribution < 1.29 is 4.42 Å². The van der Waals surface area contributed by atoms with Gasteiger partial charge in [-0.2, -0.15) is 0 Å². The molecule has 1 heteroatoms. The van der Waals surface area contributed by atoms with Crippen LogP contribution in [0.15, 0.2) is 71.3 Å². The number of aryl methyl sites for hydroxylation is 1. The van der Waals surface area contributed by atoms with Crippen molar-refractivity contribution in [3.8, 4) is 0 Å². The van der Waals surface area contributed by atoms with E-state index in [0.717, 1.165) is 16.9 Å². The van der Waals surface area contributed by atoms with Gasteiger partial charge in [-0.3, -0.25) is 0 Å². The zero-order valence-corrected chi connectivity index (χ0v) is 12.6. The van der Waals surface area contributed by atoms with Gasteiger partial charge in [-0.15, -0.1) is 0 Å². The van der Waals surface area contributed by atoms with Crippen LogP contribution in [-0.2, 0) is 0 Å². The molecule has 0 aliphatic rings. The molecule has 2 aromatic carbocycles. The Hall–Kier alpha value is -2.80. The van der Waals surface area contributed by atoms with Crippen molar-refractivity contribution in [3.63, 3.8) is 0 Å². The molecule has 0 spiro atoms. The molecule has 0 aliphatic heterocycles. The third kappa shape index (κ3) is 3.64. The van der Waals surface area contributed by atoms with Gasteiger partial charge in [0.2, 0.25) is 0 Å². The summed E-state index contributed by atoms with van der Waals surface area (Å²) in [4.78, 5) is 0. The summed E-state index contributed by atoms with van der Waals surface area (Å²) in [5.74, 6) is 0.868. The van der Waals surface area contributed by atoms with Gasteiger partial charge in [0, 0.05) is 5.56 Å². The van der Waals surface area contributed by atoms with E-state index in [9.17, 15) is 0 Å². The van der Waals surface area contributed by atoms with Crippen molar-refractivity contribution >= 4 is 24.3 Å². The first-order valence-electron chi connectivity index (χ1n) is 7.37. The van der Waals surface area contributed by atoms with Gasteiger partial charge in [-0.25, -0.2) is 0 Å². The smallest absolute Gasteiger partial charge is 0.133 e. The second kappa shape index (κ2) is 6.77. The first-order valence-corrected chi connectivity index (χ1v) is 7.37. The van der Waals surface area contributed by atoms with E-state index in [0.29, 0.717) is 0 Å². The molecule has 108 valence electrons. The number of benzene rings is 2. The molecule has 0 bridgehead atoms. The van der Waals surface area contributed by atoms with E-state index in [4.69, 9.17) is 4.42 Å². The fourth-order valence-electron chi connectivity index (χ4n) is 2.20. The number of rotatable bonds is 4. The summed E-state index contributed by atoms with van der Waals surface area (Å²) in [6, 6.07) is 20.7. The first kappa shape index (κ1) is 14.2. The lowest BCUT2D eigenvalue weighted by Gasteiger charge is -1.95. The molecule has 1 nitrogen and oxygen atoms in total. The Bertz CT molecular complexity index is 774. The van der Waals surface area contributed by atoms with Crippen molar-refractivity contribution in [2.24, 2.45) is 0 Å². The lowest BCUT2D eigenvalue weighted by molar-refractivity contribution is 0.557. The zero-order valence-electron chi connectivity index (χ0n) is 12.6. The normalized spacial score (nSPS) is 11.5. The van der Waals surface area contributed by atoms with Crippen LogP contribution in [0.3, 0.4) is 0 Å². The van der Waals surface area contributed by atoms with Crippen LogP contribution in [0.4, 0.5) is 0 Å². The minimum Gasteiger partial charge on any atom is -0.464 e. The lowest BCUT2D eigenvalue weighted by atomic mass is 10.1. The molecule has 1 heterocycles. The Morgan fingerprint density at radius 1 is 0.682 bits per heavy atom. The quantitative estimate of drug-likeness (QED) is 0.579. The van der Waals surface area contributed by atoms with Crippen molar-refractivity contribution in [1.29, 1.82) is 0 Å². The predicted octanol–water partition coefficient (Wildman–Crippen LogP) is 5.93. The van der Waals surface area contributed by atoms with Crippen LogP contribution in [-0.4, -0.2) is 0 Å². The SMILES string of the molecule is Cc1ccc(/C=C/c2ccoc2/C=C/c2ccccc2)cc1. The summed E-state index contributed by atoms with van der Waals surface area (Å²) in [7, 11) is 0. The molecule has 0 amide bonds. The van der Waals surface area contributed by atoms with Gasteiger partial charge in [0.25, 0.3) is 0 Å². The van der Waals surface area contributed by atoms with E-state index in [1.54, 1.807) is 6.26 Å². The second-order valence-electron chi connectivity index (χ2n) is 5.23. The van der Waals surface area contributed by atoms with Gasteiger partial charge in [-0.1, -0.05) is 78.4 Å². The summed E-state index contributed by atoms with van der Waals surface area (Å²) < 4.78 is 5.56. The van der Waals surface area contributed by atoms with Crippen molar-refractivity contribution in [2.45, 2.75) is 6.92 Å². The molecule has 0 N–H and O–H groups in total. The van der Waals surface area contributed by atoms with Crippen LogP contribution in [0.5, 0.6) is 0 Å². The van der Waals surface area contributed by atoms with Gasteiger partial charge >= 0.3 is 0 Å². The van der Waals surface area contributed by atoms with E-state index in [-0.39, 0.29) is 0 Å². The number of hydrogen-bond acceptors (Lipinski definition) is 1. The van der Waals surface area contributed by atoms with Crippen molar-refractivity contribution in [2.75, 3.05) is 0 Å². The van der Waals surface area contributed by atoms with E-state index in [2.05, 4.69) is 61.5 Å². The third-order valence-electron chi connectivity index (χ3n) is 3.49. The minimum atomic E-state index is 0.868. The predicted molar refractivity (Wildman–Crippen MR) is 94.2 cm³/mol. The summed E-state index contributed by atoms with van der Waals surface area (Å²) in [5.41, 5.74) is 4.69. The van der Waals surface area contributed by atoms with Crippen LogP contribution in [0, 0.1) is 6.92 Å². The Labute approximate surface area is 131 Å². The van der Waals surface area contributed by atoms with Crippen molar-refractivity contribution in [1.82, 2.24) is 0 Å². The van der Waals surface area contributed by atoms with Crippen LogP contribution >= 0.6 is 0 Å². The van der Waals surface area contributed by atoms with Gasteiger partial charge in [0.05, 0.1) is 6.26 Å². The molecule has 3 aromatic rings. The molecule has 0 radical (unpaired) electrons. The lowest BCUT2D eigenvalue weighted by Crippen LogP contribution is -1.75. The minimum absolute atomic E-state index is 0.868. The molecule has 0 fully saturated rings. The molecule has 0 saturated carbocycles. The van der Waals surface area contributed by atoms with Gasteiger partial charge < -0.3 is 4.42 Å².